The second-order valence-corrected chi connectivity index (χ2v) is 8.25. The zero-order valence-electron chi connectivity index (χ0n) is 20.5. The van der Waals surface area contributed by atoms with Crippen molar-refractivity contribution in [2.45, 2.75) is 26.2 Å². The molecule has 0 radical (unpaired) electrons. The number of rotatable bonds is 7. The zero-order chi connectivity index (χ0) is 25.2. The quantitative estimate of drug-likeness (QED) is 0.418. The molecule has 0 aliphatic carbocycles. The van der Waals surface area contributed by atoms with Gasteiger partial charge in [0.15, 0.2) is 11.5 Å². The van der Waals surface area contributed by atoms with Crippen molar-refractivity contribution >= 4 is 11.7 Å². The Kier molecular flexibility index (Phi) is 6.24. The highest BCUT2D eigenvalue weighted by molar-refractivity contribution is 5.95. The molecule has 10 heteroatoms. The largest absolute Gasteiger partial charge is 0.497 e. The van der Waals surface area contributed by atoms with Crippen molar-refractivity contribution in [3.8, 4) is 34.5 Å². The summed E-state index contributed by atoms with van der Waals surface area (Å²) in [7, 11) is 3.21. The van der Waals surface area contributed by atoms with E-state index in [9.17, 15) is 4.79 Å². The van der Waals surface area contributed by atoms with E-state index in [4.69, 9.17) is 19.3 Å². The number of hydrogen-bond acceptors (Lipinski definition) is 8. The number of carbonyl (C=O) groups excluding carboxylic acids is 1. The number of ether oxygens (including phenoxy) is 3. The van der Waals surface area contributed by atoms with E-state index in [-0.39, 0.29) is 24.2 Å². The first-order valence-corrected chi connectivity index (χ1v) is 11.6. The minimum absolute atomic E-state index is 0.143. The lowest BCUT2D eigenvalue weighted by Gasteiger charge is -2.26. The number of anilines is 1. The van der Waals surface area contributed by atoms with Crippen LogP contribution in [0, 0.1) is 6.92 Å². The summed E-state index contributed by atoms with van der Waals surface area (Å²) in [6.07, 6.45) is 1.82. The molecule has 1 aliphatic heterocycles. The van der Waals surface area contributed by atoms with E-state index in [1.807, 2.05) is 56.3 Å². The van der Waals surface area contributed by atoms with E-state index < -0.39 is 0 Å². The van der Waals surface area contributed by atoms with Crippen LogP contribution in [-0.2, 0) is 4.79 Å². The maximum absolute atomic E-state index is 12.9. The lowest BCUT2D eigenvalue weighted by atomic mass is 9.85. The summed E-state index contributed by atoms with van der Waals surface area (Å²) in [5.41, 5.74) is 3.91. The molecule has 0 bridgehead atoms. The third kappa shape index (κ3) is 4.10. The molecule has 184 valence electrons. The smallest absolute Gasteiger partial charge is 0.272 e. The molecule has 0 unspecified atom stereocenters. The van der Waals surface area contributed by atoms with Gasteiger partial charge in [-0.25, -0.2) is 4.98 Å². The Morgan fingerprint density at radius 3 is 2.75 bits per heavy atom. The average molecular weight is 487 g/mol. The maximum Gasteiger partial charge on any atom is 0.272 e. The van der Waals surface area contributed by atoms with Crippen LogP contribution in [0.25, 0.3) is 17.2 Å². The SMILES string of the molecule is CCOc1c(OC)cccc1[C@H]1CC(=O)Nc2c1c(C)nn2-c1nncc(-c2cccc(OC)c2)n1. The number of methoxy groups -OCH3 is 2. The van der Waals surface area contributed by atoms with Crippen LogP contribution in [0.1, 0.15) is 36.1 Å². The van der Waals surface area contributed by atoms with Crippen molar-refractivity contribution in [1.82, 2.24) is 25.0 Å². The van der Waals surface area contributed by atoms with Crippen molar-refractivity contribution in [3.63, 3.8) is 0 Å². The summed E-state index contributed by atoms with van der Waals surface area (Å²) in [5, 5.41) is 16.0. The summed E-state index contributed by atoms with van der Waals surface area (Å²) >= 11 is 0. The molecule has 2 aromatic carbocycles. The van der Waals surface area contributed by atoms with Crippen LogP contribution in [0.5, 0.6) is 17.2 Å². The molecule has 1 amide bonds. The molecule has 36 heavy (non-hydrogen) atoms. The number of para-hydroxylation sites is 1. The fourth-order valence-corrected chi connectivity index (χ4v) is 4.53. The number of amides is 1. The van der Waals surface area contributed by atoms with E-state index >= 15 is 0 Å². The number of nitrogens with one attached hydrogen (secondary N) is 1. The predicted octanol–water partition coefficient (Wildman–Crippen LogP) is 3.92. The van der Waals surface area contributed by atoms with Crippen LogP contribution in [0.15, 0.2) is 48.7 Å². The number of benzene rings is 2. The Morgan fingerprint density at radius 2 is 1.97 bits per heavy atom. The van der Waals surface area contributed by atoms with Gasteiger partial charge in [-0.3, -0.25) is 4.79 Å². The van der Waals surface area contributed by atoms with Crippen LogP contribution in [0.4, 0.5) is 5.82 Å². The summed E-state index contributed by atoms with van der Waals surface area (Å²) in [5.74, 6) is 2.28. The second kappa shape index (κ2) is 9.65. The number of hydrogen-bond donors (Lipinski definition) is 1. The van der Waals surface area contributed by atoms with Gasteiger partial charge in [0.1, 0.15) is 11.6 Å². The van der Waals surface area contributed by atoms with Crippen LogP contribution in [-0.4, -0.2) is 51.7 Å². The fraction of sp³-hybridized carbons (Fsp3) is 0.269. The van der Waals surface area contributed by atoms with Gasteiger partial charge in [-0.1, -0.05) is 24.3 Å². The minimum Gasteiger partial charge on any atom is -0.497 e. The van der Waals surface area contributed by atoms with Crippen molar-refractivity contribution in [2.24, 2.45) is 0 Å². The Bertz CT molecular complexity index is 1430. The van der Waals surface area contributed by atoms with E-state index in [0.29, 0.717) is 35.4 Å². The number of carbonyl (C=O) groups is 1. The second-order valence-electron chi connectivity index (χ2n) is 8.25. The van der Waals surface area contributed by atoms with Crippen LogP contribution >= 0.6 is 0 Å². The number of aryl methyl sites for hydroxylation is 1. The van der Waals surface area contributed by atoms with Gasteiger partial charge in [0.25, 0.3) is 5.95 Å². The van der Waals surface area contributed by atoms with Crippen LogP contribution in [0.3, 0.4) is 0 Å². The topological polar surface area (TPSA) is 113 Å². The molecule has 0 fully saturated rings. The summed E-state index contributed by atoms with van der Waals surface area (Å²) < 4.78 is 18.3. The summed E-state index contributed by atoms with van der Waals surface area (Å²) in [6, 6.07) is 13.2. The minimum atomic E-state index is -0.284. The lowest BCUT2D eigenvalue weighted by Crippen LogP contribution is -2.25. The first-order chi connectivity index (χ1) is 17.5. The van der Waals surface area contributed by atoms with E-state index in [0.717, 1.165) is 22.4 Å². The lowest BCUT2D eigenvalue weighted by molar-refractivity contribution is -0.116. The Balaban J connectivity index is 1.62. The molecule has 2 aromatic heterocycles. The fourth-order valence-electron chi connectivity index (χ4n) is 4.53. The summed E-state index contributed by atoms with van der Waals surface area (Å²) in [6.45, 7) is 4.28. The molecule has 1 atom stereocenters. The van der Waals surface area contributed by atoms with E-state index in [2.05, 4.69) is 20.5 Å². The highest BCUT2D eigenvalue weighted by Crippen LogP contribution is 2.45. The Morgan fingerprint density at radius 1 is 1.14 bits per heavy atom. The molecule has 4 aromatic rings. The first kappa shape index (κ1) is 23.3. The number of aromatic nitrogens is 5. The molecule has 0 saturated carbocycles. The molecule has 10 nitrogen and oxygen atoms in total. The molecular weight excluding hydrogens is 460 g/mol. The monoisotopic (exact) mass is 486 g/mol. The van der Waals surface area contributed by atoms with Crippen molar-refractivity contribution in [2.75, 3.05) is 26.1 Å². The summed E-state index contributed by atoms with van der Waals surface area (Å²) in [4.78, 5) is 17.6. The number of nitrogens with zero attached hydrogens (tertiary/aromatic N) is 5. The zero-order valence-corrected chi connectivity index (χ0v) is 20.5. The van der Waals surface area contributed by atoms with Gasteiger partial charge in [0.2, 0.25) is 5.91 Å². The molecule has 0 saturated heterocycles. The number of fused-ring (bicyclic) bond motifs is 1. The van der Waals surface area contributed by atoms with Crippen molar-refractivity contribution < 1.29 is 19.0 Å². The van der Waals surface area contributed by atoms with Crippen LogP contribution in [0.2, 0.25) is 0 Å². The normalized spacial score (nSPS) is 14.7. The molecule has 1 aliphatic rings. The van der Waals surface area contributed by atoms with Gasteiger partial charge >= 0.3 is 0 Å². The third-order valence-electron chi connectivity index (χ3n) is 6.10. The maximum atomic E-state index is 12.9. The average Bonchev–Trinajstić information content (AvgIpc) is 3.24. The van der Waals surface area contributed by atoms with E-state index in [1.54, 1.807) is 20.4 Å². The van der Waals surface area contributed by atoms with Gasteiger partial charge in [0.05, 0.1) is 38.4 Å². The van der Waals surface area contributed by atoms with Crippen molar-refractivity contribution in [1.29, 1.82) is 0 Å². The standard InChI is InChI=1S/C26H26N6O4/c1-5-36-24-18(10-7-11-21(24)35-4)19-13-22(33)29-25-23(19)15(2)31-32(25)26-28-20(14-27-30-26)16-8-6-9-17(12-16)34-3/h6-12,14,19H,5,13H2,1-4H3,(H,29,33)/t19-/m1/s1. The van der Waals surface area contributed by atoms with Gasteiger partial charge in [-0.2, -0.15) is 14.9 Å². The van der Waals surface area contributed by atoms with E-state index in [1.165, 1.54) is 4.68 Å². The Labute approximate surface area is 208 Å². The molecule has 3 heterocycles. The van der Waals surface area contributed by atoms with Crippen molar-refractivity contribution in [3.05, 3.63) is 65.5 Å². The van der Waals surface area contributed by atoms with Gasteiger partial charge in [-0.15, -0.1) is 5.10 Å². The Hall–Kier alpha value is -4.47. The van der Waals surface area contributed by atoms with Gasteiger partial charge in [0, 0.05) is 29.0 Å². The molecule has 1 N–H and O–H groups in total. The van der Waals surface area contributed by atoms with Gasteiger partial charge < -0.3 is 19.5 Å². The van der Waals surface area contributed by atoms with Crippen LogP contribution < -0.4 is 19.5 Å². The third-order valence-corrected chi connectivity index (χ3v) is 6.10. The predicted molar refractivity (Wildman–Crippen MR) is 133 cm³/mol. The highest BCUT2D eigenvalue weighted by Gasteiger charge is 2.35. The molecule has 5 rings (SSSR count). The molecular formula is C26H26N6O4. The highest BCUT2D eigenvalue weighted by atomic mass is 16.5. The first-order valence-electron chi connectivity index (χ1n) is 11.6. The van der Waals surface area contributed by atoms with Gasteiger partial charge in [-0.05, 0) is 32.0 Å². The molecule has 0 spiro atoms.